The van der Waals surface area contributed by atoms with Crippen LogP contribution in [0.2, 0.25) is 0 Å². The molecule has 0 saturated carbocycles. The number of amides is 1. The minimum atomic E-state index is -2.93. The normalized spacial score (nSPS) is 15.1. The molecule has 2 N–H and O–H groups in total. The number of carbonyl (C=O) groups excluding carboxylic acids is 1. The number of benzene rings is 1. The Kier molecular flexibility index (Phi) is 9.43. The SMILES string of the molecule is CCNC(=NCc1ccc(OC)c(OC(F)F)c1)NC1CCN(C(=O)OCC)CC1. The molecule has 0 radical (unpaired) electrons. The Morgan fingerprint density at radius 2 is 2.00 bits per heavy atom. The number of nitrogens with one attached hydrogen (secondary N) is 2. The maximum absolute atomic E-state index is 12.6. The fraction of sp³-hybridized carbons (Fsp3) is 0.600. The first-order valence-corrected chi connectivity index (χ1v) is 10.0. The Balaban J connectivity index is 1.97. The Bertz CT molecular complexity index is 710. The number of aliphatic imine (C=N–C) groups is 1. The van der Waals surface area contributed by atoms with E-state index in [0.29, 0.717) is 37.8 Å². The molecule has 0 unspecified atom stereocenters. The number of alkyl halides is 2. The number of carbonyl (C=O) groups is 1. The minimum Gasteiger partial charge on any atom is -0.493 e. The molecular formula is C20H30F2N4O4. The number of hydrogen-bond donors (Lipinski definition) is 2. The molecule has 0 bridgehead atoms. The summed E-state index contributed by atoms with van der Waals surface area (Å²) in [6.07, 6.45) is 1.27. The van der Waals surface area contributed by atoms with Crippen molar-refractivity contribution in [2.75, 3.05) is 33.4 Å². The number of likely N-dealkylation sites (tertiary alicyclic amines) is 1. The molecule has 10 heteroatoms. The molecule has 2 rings (SSSR count). The van der Waals surface area contributed by atoms with E-state index >= 15 is 0 Å². The van der Waals surface area contributed by atoms with E-state index in [1.54, 1.807) is 24.0 Å². The second-order valence-corrected chi connectivity index (χ2v) is 6.66. The van der Waals surface area contributed by atoms with Crippen molar-refractivity contribution in [1.29, 1.82) is 0 Å². The van der Waals surface area contributed by atoms with Gasteiger partial charge in [-0.1, -0.05) is 6.07 Å². The van der Waals surface area contributed by atoms with Gasteiger partial charge in [-0.05, 0) is 44.4 Å². The summed E-state index contributed by atoms with van der Waals surface area (Å²) in [5, 5.41) is 6.55. The third-order valence-electron chi connectivity index (χ3n) is 4.57. The molecule has 0 aromatic heterocycles. The van der Waals surface area contributed by atoms with Gasteiger partial charge in [0.2, 0.25) is 0 Å². The fourth-order valence-electron chi connectivity index (χ4n) is 3.11. The number of ether oxygens (including phenoxy) is 3. The summed E-state index contributed by atoms with van der Waals surface area (Å²) in [6, 6.07) is 4.99. The summed E-state index contributed by atoms with van der Waals surface area (Å²) in [5.74, 6) is 0.838. The lowest BCUT2D eigenvalue weighted by atomic mass is 10.1. The van der Waals surface area contributed by atoms with E-state index in [1.165, 1.54) is 13.2 Å². The lowest BCUT2D eigenvalue weighted by Crippen LogP contribution is -2.49. The highest BCUT2D eigenvalue weighted by Gasteiger charge is 2.24. The van der Waals surface area contributed by atoms with Crippen molar-refractivity contribution in [3.05, 3.63) is 23.8 Å². The number of halogens is 2. The van der Waals surface area contributed by atoms with Crippen LogP contribution in [0.15, 0.2) is 23.2 Å². The van der Waals surface area contributed by atoms with Crippen molar-refractivity contribution in [2.24, 2.45) is 4.99 Å². The second-order valence-electron chi connectivity index (χ2n) is 6.66. The highest BCUT2D eigenvalue weighted by atomic mass is 19.3. The van der Waals surface area contributed by atoms with E-state index in [2.05, 4.69) is 20.4 Å². The van der Waals surface area contributed by atoms with Gasteiger partial charge < -0.3 is 29.7 Å². The van der Waals surface area contributed by atoms with Crippen LogP contribution in [-0.2, 0) is 11.3 Å². The van der Waals surface area contributed by atoms with Crippen molar-refractivity contribution in [3.8, 4) is 11.5 Å². The quantitative estimate of drug-likeness (QED) is 0.489. The van der Waals surface area contributed by atoms with Gasteiger partial charge in [0.25, 0.3) is 0 Å². The summed E-state index contributed by atoms with van der Waals surface area (Å²) in [4.78, 5) is 18.1. The summed E-state index contributed by atoms with van der Waals surface area (Å²) >= 11 is 0. The fourth-order valence-corrected chi connectivity index (χ4v) is 3.11. The zero-order chi connectivity index (χ0) is 21.9. The zero-order valence-electron chi connectivity index (χ0n) is 17.6. The van der Waals surface area contributed by atoms with Crippen LogP contribution in [0.1, 0.15) is 32.3 Å². The van der Waals surface area contributed by atoms with Crippen LogP contribution in [0.25, 0.3) is 0 Å². The average Bonchev–Trinajstić information content (AvgIpc) is 2.72. The minimum absolute atomic E-state index is 0.0236. The van der Waals surface area contributed by atoms with Crippen LogP contribution in [-0.4, -0.2) is 63.0 Å². The Morgan fingerprint density at radius 3 is 2.60 bits per heavy atom. The van der Waals surface area contributed by atoms with Crippen LogP contribution >= 0.6 is 0 Å². The molecule has 1 aliphatic rings. The van der Waals surface area contributed by atoms with Crippen molar-refractivity contribution in [2.45, 2.75) is 45.9 Å². The van der Waals surface area contributed by atoms with E-state index in [-0.39, 0.29) is 30.2 Å². The van der Waals surface area contributed by atoms with Gasteiger partial charge in [0.15, 0.2) is 17.5 Å². The molecule has 8 nitrogen and oxygen atoms in total. The lowest BCUT2D eigenvalue weighted by molar-refractivity contribution is -0.0512. The molecule has 1 saturated heterocycles. The molecular weight excluding hydrogens is 398 g/mol. The van der Waals surface area contributed by atoms with Crippen LogP contribution in [0.3, 0.4) is 0 Å². The Hall–Kier alpha value is -2.78. The number of hydrogen-bond acceptors (Lipinski definition) is 5. The topological polar surface area (TPSA) is 84.4 Å². The van der Waals surface area contributed by atoms with Crippen LogP contribution in [0.4, 0.5) is 13.6 Å². The molecule has 1 aliphatic heterocycles. The molecule has 0 spiro atoms. The van der Waals surface area contributed by atoms with Gasteiger partial charge in [0.05, 0.1) is 20.3 Å². The first kappa shape index (κ1) is 23.5. The predicted molar refractivity (Wildman–Crippen MR) is 109 cm³/mol. The Labute approximate surface area is 175 Å². The van der Waals surface area contributed by atoms with Crippen LogP contribution < -0.4 is 20.1 Å². The van der Waals surface area contributed by atoms with Crippen molar-refractivity contribution >= 4 is 12.1 Å². The van der Waals surface area contributed by atoms with Crippen LogP contribution in [0.5, 0.6) is 11.5 Å². The van der Waals surface area contributed by atoms with Gasteiger partial charge in [0, 0.05) is 25.7 Å². The van der Waals surface area contributed by atoms with E-state index in [0.717, 1.165) is 12.8 Å². The second kappa shape index (κ2) is 12.0. The number of rotatable bonds is 8. The van der Waals surface area contributed by atoms with Gasteiger partial charge in [-0.15, -0.1) is 0 Å². The van der Waals surface area contributed by atoms with Crippen molar-refractivity contribution in [3.63, 3.8) is 0 Å². The van der Waals surface area contributed by atoms with E-state index in [4.69, 9.17) is 9.47 Å². The number of nitrogens with zero attached hydrogens (tertiary/aromatic N) is 2. The van der Waals surface area contributed by atoms with Gasteiger partial charge in [-0.2, -0.15) is 8.78 Å². The van der Waals surface area contributed by atoms with Gasteiger partial charge >= 0.3 is 12.7 Å². The first-order valence-electron chi connectivity index (χ1n) is 10.0. The molecule has 1 fully saturated rings. The third kappa shape index (κ3) is 7.23. The number of guanidine groups is 1. The monoisotopic (exact) mass is 428 g/mol. The van der Waals surface area contributed by atoms with Crippen LogP contribution in [0, 0.1) is 0 Å². The highest BCUT2D eigenvalue weighted by Crippen LogP contribution is 2.29. The van der Waals surface area contributed by atoms with Crippen molar-refractivity contribution < 1.29 is 27.8 Å². The molecule has 1 aromatic carbocycles. The highest BCUT2D eigenvalue weighted by molar-refractivity contribution is 5.80. The summed E-state index contributed by atoms with van der Waals surface area (Å²) < 4.78 is 39.8. The van der Waals surface area contributed by atoms with E-state index < -0.39 is 6.61 Å². The summed E-state index contributed by atoms with van der Waals surface area (Å²) in [6.45, 7) is 3.36. The van der Waals surface area contributed by atoms with Gasteiger partial charge in [0.1, 0.15) is 0 Å². The first-order chi connectivity index (χ1) is 14.5. The Morgan fingerprint density at radius 1 is 1.27 bits per heavy atom. The zero-order valence-corrected chi connectivity index (χ0v) is 17.6. The summed E-state index contributed by atoms with van der Waals surface area (Å²) in [5.41, 5.74) is 0.709. The molecule has 0 atom stereocenters. The molecule has 168 valence electrons. The molecule has 0 aliphatic carbocycles. The summed E-state index contributed by atoms with van der Waals surface area (Å²) in [7, 11) is 1.39. The molecule has 1 aromatic rings. The van der Waals surface area contributed by atoms with Crippen molar-refractivity contribution in [1.82, 2.24) is 15.5 Å². The lowest BCUT2D eigenvalue weighted by Gasteiger charge is -2.32. The maximum atomic E-state index is 12.6. The smallest absolute Gasteiger partial charge is 0.409 e. The van der Waals surface area contributed by atoms with Gasteiger partial charge in [-0.3, -0.25) is 0 Å². The van der Waals surface area contributed by atoms with E-state index in [1.807, 2.05) is 6.92 Å². The van der Waals surface area contributed by atoms with E-state index in [9.17, 15) is 13.6 Å². The number of piperidine rings is 1. The standard InChI is InChI=1S/C20H30F2N4O4/c1-4-23-19(25-15-8-10-26(11-9-15)20(27)29-5-2)24-13-14-6-7-16(28-3)17(12-14)30-18(21)22/h6-7,12,15,18H,4-5,8-11,13H2,1-3H3,(H2,23,24,25). The molecule has 1 heterocycles. The molecule has 30 heavy (non-hydrogen) atoms. The maximum Gasteiger partial charge on any atom is 0.409 e. The molecule has 1 amide bonds. The number of methoxy groups -OCH3 is 1. The average molecular weight is 428 g/mol. The predicted octanol–water partition coefficient (Wildman–Crippen LogP) is 2.97. The van der Waals surface area contributed by atoms with Gasteiger partial charge in [-0.25, -0.2) is 9.79 Å². The largest absolute Gasteiger partial charge is 0.493 e. The third-order valence-corrected chi connectivity index (χ3v) is 4.57.